The van der Waals surface area contributed by atoms with E-state index in [0.29, 0.717) is 28.0 Å². The largest absolute Gasteiger partial charge is 0.480 e. The second-order valence-electron chi connectivity index (χ2n) is 5.69. The molecule has 0 bridgehead atoms. The first-order valence-electron chi connectivity index (χ1n) is 7.80. The Balaban J connectivity index is 2.14. The molecule has 0 radical (unpaired) electrons. The molecule has 0 spiro atoms. The fourth-order valence-electron chi connectivity index (χ4n) is 2.20. The number of nitrogens with zero attached hydrogens (tertiary/aromatic N) is 3. The fraction of sp³-hybridized carbons (Fsp3) is 0.235. The summed E-state index contributed by atoms with van der Waals surface area (Å²) in [4.78, 5) is 11.4. The van der Waals surface area contributed by atoms with Crippen molar-refractivity contribution in [2.24, 2.45) is 0 Å². The van der Waals surface area contributed by atoms with Crippen LogP contribution in [-0.4, -0.2) is 22.1 Å². The highest BCUT2D eigenvalue weighted by molar-refractivity contribution is 7.99. The van der Waals surface area contributed by atoms with E-state index in [9.17, 15) is 26.3 Å². The first-order chi connectivity index (χ1) is 13.5. The van der Waals surface area contributed by atoms with Crippen molar-refractivity contribution in [3.63, 3.8) is 0 Å². The molecule has 0 unspecified atom stereocenters. The molecule has 2 heterocycles. The summed E-state index contributed by atoms with van der Waals surface area (Å²) < 4.78 is 84.1. The zero-order valence-electron chi connectivity index (χ0n) is 14.7. The normalized spacial score (nSPS) is 12.3. The van der Waals surface area contributed by atoms with Crippen molar-refractivity contribution < 1.29 is 31.1 Å². The molecule has 2 aromatic heterocycles. The number of aryl methyl sites for hydroxylation is 1. The number of hydrogen-bond acceptors (Lipinski definition) is 6. The Morgan fingerprint density at radius 1 is 0.931 bits per heavy atom. The lowest BCUT2D eigenvalue weighted by Gasteiger charge is -2.15. The number of alkyl halides is 6. The first-order valence-corrected chi connectivity index (χ1v) is 9.49. The molecule has 0 N–H and O–H groups in total. The van der Waals surface area contributed by atoms with E-state index in [0.717, 1.165) is 18.1 Å². The van der Waals surface area contributed by atoms with Gasteiger partial charge >= 0.3 is 12.4 Å². The fourth-order valence-corrected chi connectivity index (χ4v) is 3.89. The summed E-state index contributed by atoms with van der Waals surface area (Å²) in [7, 11) is 0.991. The summed E-state index contributed by atoms with van der Waals surface area (Å²) in [5, 5.41) is -0.0163. The lowest BCUT2D eigenvalue weighted by atomic mass is 10.2. The van der Waals surface area contributed by atoms with Gasteiger partial charge in [-0.15, -0.1) is 11.3 Å². The van der Waals surface area contributed by atoms with E-state index < -0.39 is 34.5 Å². The minimum Gasteiger partial charge on any atom is -0.480 e. The Labute approximate surface area is 169 Å². The minimum atomic E-state index is -4.84. The number of halogens is 6. The summed E-state index contributed by atoms with van der Waals surface area (Å²) in [6.07, 6.45) is -9.53. The van der Waals surface area contributed by atoms with Crippen molar-refractivity contribution in [1.29, 1.82) is 0 Å². The van der Waals surface area contributed by atoms with E-state index in [1.807, 2.05) is 6.92 Å². The van der Waals surface area contributed by atoms with Gasteiger partial charge in [-0.1, -0.05) is 29.5 Å². The number of hydrogen-bond donors (Lipinski definition) is 0. The number of thiazole rings is 1. The van der Waals surface area contributed by atoms with Crippen molar-refractivity contribution in [2.45, 2.75) is 29.2 Å². The Morgan fingerprint density at radius 3 is 2.10 bits per heavy atom. The van der Waals surface area contributed by atoms with Gasteiger partial charge in [0, 0.05) is 10.3 Å². The molecule has 0 saturated carbocycles. The van der Waals surface area contributed by atoms with Crippen LogP contribution in [0.4, 0.5) is 26.3 Å². The van der Waals surface area contributed by atoms with Crippen LogP contribution in [0.15, 0.2) is 39.6 Å². The third-order valence-corrected chi connectivity index (χ3v) is 5.38. The summed E-state index contributed by atoms with van der Waals surface area (Å²) in [6.45, 7) is 1.82. The van der Waals surface area contributed by atoms with E-state index in [1.165, 1.54) is 0 Å². The quantitative estimate of drug-likeness (QED) is 0.354. The average molecular weight is 451 g/mol. The summed E-state index contributed by atoms with van der Waals surface area (Å²) in [6, 6.07) is 6.65. The van der Waals surface area contributed by atoms with Gasteiger partial charge in [-0.25, -0.2) is 9.97 Å². The van der Waals surface area contributed by atoms with Gasteiger partial charge in [0.15, 0.2) is 22.1 Å². The number of ether oxygens (including phenoxy) is 1. The molecule has 3 aromatic rings. The number of rotatable bonds is 4. The van der Waals surface area contributed by atoms with Crippen LogP contribution in [0.2, 0.25) is 0 Å². The summed E-state index contributed by atoms with van der Waals surface area (Å²) in [5.41, 5.74) is -1.47. The van der Waals surface area contributed by atoms with Crippen LogP contribution < -0.4 is 4.74 Å². The Kier molecular flexibility index (Phi) is 5.77. The van der Waals surface area contributed by atoms with Gasteiger partial charge in [-0.3, -0.25) is 0 Å². The molecule has 0 aliphatic rings. The van der Waals surface area contributed by atoms with E-state index in [1.54, 1.807) is 24.3 Å². The number of benzene rings is 1. The third kappa shape index (κ3) is 4.81. The van der Waals surface area contributed by atoms with Gasteiger partial charge in [-0.2, -0.15) is 31.3 Å². The summed E-state index contributed by atoms with van der Waals surface area (Å²) in [5.74, 6) is -1.18. The van der Waals surface area contributed by atoms with Crippen molar-refractivity contribution >= 4 is 23.1 Å². The van der Waals surface area contributed by atoms with Gasteiger partial charge < -0.3 is 4.74 Å². The predicted octanol–water partition coefficient (Wildman–Crippen LogP) is 6.11. The average Bonchev–Trinajstić information content (AvgIpc) is 3.12. The Hall–Kier alpha value is -2.34. The van der Waals surface area contributed by atoms with Crippen molar-refractivity contribution in [3.05, 3.63) is 46.5 Å². The topological polar surface area (TPSA) is 47.9 Å². The standard InChI is InChI=1S/C17H11F6N3OS2/c1-8-3-5-9(6-4-8)29-14-11(17(21,22)23)13(27-2)25-12(26-14)15-24-10(7-28-15)16(18,19)20/h3-7H,1-2H3. The molecule has 12 heteroatoms. The third-order valence-electron chi connectivity index (χ3n) is 3.54. The molecule has 0 aliphatic heterocycles. The van der Waals surface area contributed by atoms with Crippen LogP contribution in [0.1, 0.15) is 16.8 Å². The van der Waals surface area contributed by atoms with Crippen molar-refractivity contribution in [2.75, 3.05) is 7.11 Å². The van der Waals surface area contributed by atoms with Crippen LogP contribution >= 0.6 is 23.1 Å². The SMILES string of the molecule is COc1nc(-c2nc(C(F)(F)F)cs2)nc(Sc2ccc(C)cc2)c1C(F)(F)F. The maximum Gasteiger partial charge on any atom is 0.434 e. The van der Waals surface area contributed by atoms with Crippen LogP contribution in [-0.2, 0) is 12.4 Å². The Morgan fingerprint density at radius 2 is 1.59 bits per heavy atom. The molecule has 154 valence electrons. The highest BCUT2D eigenvalue weighted by Crippen LogP contribution is 2.44. The second kappa shape index (κ2) is 7.82. The van der Waals surface area contributed by atoms with Crippen LogP contribution in [0, 0.1) is 6.92 Å². The monoisotopic (exact) mass is 451 g/mol. The lowest BCUT2D eigenvalue weighted by Crippen LogP contribution is -2.13. The van der Waals surface area contributed by atoms with Crippen LogP contribution in [0.3, 0.4) is 0 Å². The molecule has 29 heavy (non-hydrogen) atoms. The molecule has 4 nitrogen and oxygen atoms in total. The second-order valence-corrected chi connectivity index (χ2v) is 7.61. The molecular weight excluding hydrogens is 440 g/mol. The van der Waals surface area contributed by atoms with Crippen LogP contribution in [0.25, 0.3) is 10.8 Å². The van der Waals surface area contributed by atoms with Gasteiger partial charge in [0.25, 0.3) is 0 Å². The van der Waals surface area contributed by atoms with Gasteiger partial charge in [0.2, 0.25) is 5.88 Å². The molecule has 0 saturated heterocycles. The highest BCUT2D eigenvalue weighted by Gasteiger charge is 2.40. The van der Waals surface area contributed by atoms with Crippen LogP contribution in [0.5, 0.6) is 5.88 Å². The van der Waals surface area contributed by atoms with Gasteiger partial charge in [0.1, 0.15) is 5.03 Å². The molecule has 0 aliphatic carbocycles. The van der Waals surface area contributed by atoms with E-state index in [4.69, 9.17) is 4.74 Å². The van der Waals surface area contributed by atoms with Gasteiger partial charge in [-0.05, 0) is 19.1 Å². The molecule has 3 rings (SSSR count). The molecule has 1 aromatic carbocycles. The maximum atomic E-state index is 13.6. The van der Waals surface area contributed by atoms with E-state index in [-0.39, 0.29) is 10.8 Å². The lowest BCUT2D eigenvalue weighted by molar-refractivity contribution is -0.142. The first kappa shape index (κ1) is 21.4. The summed E-state index contributed by atoms with van der Waals surface area (Å²) >= 11 is 1.28. The van der Waals surface area contributed by atoms with Crippen molar-refractivity contribution in [3.8, 4) is 16.7 Å². The van der Waals surface area contributed by atoms with Crippen molar-refractivity contribution in [1.82, 2.24) is 15.0 Å². The Bertz CT molecular complexity index is 1020. The zero-order chi connectivity index (χ0) is 21.4. The maximum absolute atomic E-state index is 13.6. The molecule has 0 fully saturated rings. The number of aromatic nitrogens is 3. The molecule has 0 atom stereocenters. The predicted molar refractivity (Wildman–Crippen MR) is 95.0 cm³/mol. The van der Waals surface area contributed by atoms with E-state index >= 15 is 0 Å². The highest BCUT2D eigenvalue weighted by atomic mass is 32.2. The molecule has 0 amide bonds. The van der Waals surface area contributed by atoms with Gasteiger partial charge in [0.05, 0.1) is 7.11 Å². The zero-order valence-corrected chi connectivity index (χ0v) is 16.4. The smallest absolute Gasteiger partial charge is 0.434 e. The minimum absolute atomic E-state index is 0.268. The number of methoxy groups -OCH3 is 1. The van der Waals surface area contributed by atoms with E-state index in [2.05, 4.69) is 15.0 Å². The molecular formula is C17H11F6N3OS2.